The minimum atomic E-state index is -0.598. The number of hydrogen-bond donors (Lipinski definition) is 2. The van der Waals surface area contributed by atoms with Crippen LogP contribution in [0.15, 0.2) is 64.3 Å². The fourth-order valence-electron chi connectivity index (χ4n) is 3.02. The molecule has 4 heterocycles. The summed E-state index contributed by atoms with van der Waals surface area (Å²) in [6, 6.07) is 11.5. The molecule has 1 aromatic carbocycles. The van der Waals surface area contributed by atoms with E-state index in [0.717, 1.165) is 17.5 Å². The fourth-order valence-corrected chi connectivity index (χ4v) is 3.75. The molecule has 0 radical (unpaired) electrons. The quantitative estimate of drug-likeness (QED) is 0.379. The fraction of sp³-hybridized carbons (Fsp3) is 0. The van der Waals surface area contributed by atoms with E-state index in [0.29, 0.717) is 5.69 Å². The highest BCUT2D eigenvalue weighted by atomic mass is 32.1. The van der Waals surface area contributed by atoms with Gasteiger partial charge < -0.3 is 11.5 Å². The average molecular weight is 449 g/mol. The molecule has 0 spiro atoms. The van der Waals surface area contributed by atoms with E-state index in [1.807, 2.05) is 18.2 Å². The van der Waals surface area contributed by atoms with Gasteiger partial charge >= 0.3 is 0 Å². The van der Waals surface area contributed by atoms with Gasteiger partial charge in [-0.05, 0) is 29.6 Å². The summed E-state index contributed by atoms with van der Waals surface area (Å²) >= 11 is 1.12. The van der Waals surface area contributed by atoms with Crippen molar-refractivity contribution in [1.82, 2.24) is 24.7 Å². The van der Waals surface area contributed by atoms with Gasteiger partial charge in [-0.25, -0.2) is 28.4 Å². The normalized spacial score (nSPS) is 11.6. The van der Waals surface area contributed by atoms with Crippen molar-refractivity contribution in [2.45, 2.75) is 0 Å². The van der Waals surface area contributed by atoms with Crippen molar-refractivity contribution in [1.29, 1.82) is 0 Å². The van der Waals surface area contributed by atoms with Gasteiger partial charge in [-0.15, -0.1) is 16.5 Å². The SMILES string of the molecule is Nc1nc(-c2nn(-c3sccc3F)c3ncc(F)cc23)nc(N)c1N=Nc1ccccc1. The topological polar surface area (TPSA) is 133 Å². The Morgan fingerprint density at radius 3 is 2.41 bits per heavy atom. The summed E-state index contributed by atoms with van der Waals surface area (Å²) in [5.74, 6) is -1.15. The van der Waals surface area contributed by atoms with Crippen LogP contribution in [0.3, 0.4) is 0 Å². The van der Waals surface area contributed by atoms with Crippen LogP contribution in [0.4, 0.5) is 31.8 Å². The number of azo groups is 1. The number of benzene rings is 1. The first-order chi connectivity index (χ1) is 15.5. The highest BCUT2D eigenvalue weighted by Gasteiger charge is 2.22. The van der Waals surface area contributed by atoms with Crippen LogP contribution in [0.5, 0.6) is 0 Å². The largest absolute Gasteiger partial charge is 0.382 e. The van der Waals surface area contributed by atoms with E-state index in [1.165, 1.54) is 16.8 Å². The first kappa shape index (κ1) is 19.6. The van der Waals surface area contributed by atoms with Gasteiger partial charge in [0.25, 0.3) is 0 Å². The average Bonchev–Trinajstić information content (AvgIpc) is 3.36. The van der Waals surface area contributed by atoms with Gasteiger partial charge in [0.1, 0.15) is 11.5 Å². The van der Waals surface area contributed by atoms with E-state index in [4.69, 9.17) is 11.5 Å². The highest BCUT2D eigenvalue weighted by molar-refractivity contribution is 7.12. The van der Waals surface area contributed by atoms with Crippen molar-refractivity contribution >= 4 is 45.4 Å². The Morgan fingerprint density at radius 2 is 1.72 bits per heavy atom. The highest BCUT2D eigenvalue weighted by Crippen LogP contribution is 2.34. The second-order valence-corrected chi connectivity index (χ2v) is 7.46. The molecule has 32 heavy (non-hydrogen) atoms. The first-order valence-corrected chi connectivity index (χ1v) is 10.1. The number of rotatable bonds is 4. The Balaban J connectivity index is 1.64. The van der Waals surface area contributed by atoms with E-state index in [-0.39, 0.29) is 44.9 Å². The van der Waals surface area contributed by atoms with Crippen LogP contribution in [0, 0.1) is 11.6 Å². The van der Waals surface area contributed by atoms with Gasteiger partial charge in [-0.3, -0.25) is 0 Å². The van der Waals surface area contributed by atoms with Crippen molar-refractivity contribution in [2.24, 2.45) is 10.2 Å². The van der Waals surface area contributed by atoms with Gasteiger partial charge in [0, 0.05) is 0 Å². The van der Waals surface area contributed by atoms with E-state index >= 15 is 0 Å². The summed E-state index contributed by atoms with van der Waals surface area (Å²) < 4.78 is 29.4. The zero-order chi connectivity index (χ0) is 22.2. The maximum absolute atomic E-state index is 14.2. The van der Waals surface area contributed by atoms with Crippen LogP contribution in [0.1, 0.15) is 0 Å². The minimum Gasteiger partial charge on any atom is -0.382 e. The Hall–Kier alpha value is -4.32. The molecule has 0 amide bonds. The number of halogens is 2. The number of aromatic nitrogens is 5. The maximum Gasteiger partial charge on any atom is 0.184 e. The molecule has 9 nitrogen and oxygen atoms in total. The smallest absolute Gasteiger partial charge is 0.184 e. The van der Waals surface area contributed by atoms with E-state index in [2.05, 4.69) is 30.3 Å². The molecule has 5 aromatic rings. The summed E-state index contributed by atoms with van der Waals surface area (Å²) in [4.78, 5) is 12.5. The molecule has 0 aliphatic carbocycles. The van der Waals surface area contributed by atoms with Crippen molar-refractivity contribution in [3.63, 3.8) is 0 Å². The third-order valence-electron chi connectivity index (χ3n) is 4.45. The minimum absolute atomic E-state index is 0.0202. The van der Waals surface area contributed by atoms with Gasteiger partial charge in [0.15, 0.2) is 39.6 Å². The molecule has 4 aromatic heterocycles. The van der Waals surface area contributed by atoms with Crippen molar-refractivity contribution < 1.29 is 8.78 Å². The van der Waals surface area contributed by atoms with Crippen molar-refractivity contribution in [3.05, 3.63) is 65.7 Å². The molecule has 0 saturated carbocycles. The Labute approximate surface area is 183 Å². The second-order valence-electron chi connectivity index (χ2n) is 6.56. The number of hydrogen-bond acceptors (Lipinski definition) is 9. The zero-order valence-corrected chi connectivity index (χ0v) is 17.0. The molecule has 0 atom stereocenters. The van der Waals surface area contributed by atoms with Crippen LogP contribution in [-0.2, 0) is 0 Å². The first-order valence-electron chi connectivity index (χ1n) is 9.19. The number of nitrogens with two attached hydrogens (primary N) is 2. The molecule has 4 N–H and O–H groups in total. The van der Waals surface area contributed by atoms with Crippen LogP contribution in [-0.4, -0.2) is 24.7 Å². The summed E-state index contributed by atoms with van der Waals surface area (Å²) in [6.45, 7) is 0. The molecule has 12 heteroatoms. The van der Waals surface area contributed by atoms with Gasteiger partial charge in [0.05, 0.1) is 17.3 Å². The van der Waals surface area contributed by atoms with Crippen LogP contribution < -0.4 is 11.5 Å². The zero-order valence-electron chi connectivity index (χ0n) is 16.1. The molecule has 158 valence electrons. The molecule has 0 aliphatic rings. The lowest BCUT2D eigenvalue weighted by atomic mass is 10.2. The van der Waals surface area contributed by atoms with Crippen molar-refractivity contribution in [3.8, 4) is 16.5 Å². The molecule has 5 rings (SSSR count). The van der Waals surface area contributed by atoms with Crippen LogP contribution >= 0.6 is 11.3 Å². The molecular formula is C20H13F2N9S. The standard InChI is InChI=1S/C20H13F2N9S/c21-10-8-12-14(30-31(19(12)25-9-10)20-13(22)6-7-32-20)18-26-16(23)15(17(24)27-18)29-28-11-4-2-1-3-5-11/h1-9H,(H4,23,24,26,27). The Bertz CT molecular complexity index is 1450. The van der Waals surface area contributed by atoms with Crippen LogP contribution in [0.25, 0.3) is 27.6 Å². The van der Waals surface area contributed by atoms with E-state index < -0.39 is 11.6 Å². The number of nitrogen functional groups attached to an aromatic ring is 2. The molecule has 0 saturated heterocycles. The Kier molecular flexibility index (Phi) is 4.75. The third kappa shape index (κ3) is 3.41. The predicted octanol–water partition coefficient (Wildman–Crippen LogP) is 4.80. The second kappa shape index (κ2) is 7.74. The molecule has 0 bridgehead atoms. The Morgan fingerprint density at radius 1 is 0.969 bits per heavy atom. The maximum atomic E-state index is 14.2. The number of pyridine rings is 1. The van der Waals surface area contributed by atoms with Crippen molar-refractivity contribution in [2.75, 3.05) is 11.5 Å². The number of nitrogens with zero attached hydrogens (tertiary/aromatic N) is 7. The van der Waals surface area contributed by atoms with Gasteiger partial charge in [-0.1, -0.05) is 18.2 Å². The van der Waals surface area contributed by atoms with Gasteiger partial charge in [0.2, 0.25) is 0 Å². The summed E-state index contributed by atoms with van der Waals surface area (Å²) in [5.41, 5.74) is 13.2. The lowest BCUT2D eigenvalue weighted by Crippen LogP contribution is -2.02. The number of thiophene rings is 1. The molecule has 0 fully saturated rings. The van der Waals surface area contributed by atoms with Gasteiger partial charge in [-0.2, -0.15) is 10.2 Å². The monoisotopic (exact) mass is 449 g/mol. The van der Waals surface area contributed by atoms with E-state index in [9.17, 15) is 8.78 Å². The number of fused-ring (bicyclic) bond motifs is 1. The lowest BCUT2D eigenvalue weighted by molar-refractivity contribution is 0.619. The van der Waals surface area contributed by atoms with E-state index in [1.54, 1.807) is 17.5 Å². The summed E-state index contributed by atoms with van der Waals surface area (Å²) in [6.07, 6.45) is 1.02. The molecule has 0 unspecified atom stereocenters. The molecular weight excluding hydrogens is 436 g/mol. The molecule has 0 aliphatic heterocycles. The summed E-state index contributed by atoms with van der Waals surface area (Å²) in [7, 11) is 0. The third-order valence-corrected chi connectivity index (χ3v) is 5.31. The number of anilines is 2. The predicted molar refractivity (Wildman–Crippen MR) is 117 cm³/mol. The lowest BCUT2D eigenvalue weighted by Gasteiger charge is -2.05. The van der Waals surface area contributed by atoms with Crippen LogP contribution in [0.2, 0.25) is 0 Å². The summed E-state index contributed by atoms with van der Waals surface area (Å²) in [5, 5.41) is 14.5.